The van der Waals surface area contributed by atoms with Crippen LogP contribution in [0.4, 0.5) is 0 Å². The van der Waals surface area contributed by atoms with E-state index in [4.69, 9.17) is 23.2 Å². The summed E-state index contributed by atoms with van der Waals surface area (Å²) in [6.45, 7) is 1.84. The molecule has 0 N–H and O–H groups in total. The summed E-state index contributed by atoms with van der Waals surface area (Å²) in [4.78, 5) is 12.4. The fraction of sp³-hybridized carbons (Fsp3) is 0.0526. The summed E-state index contributed by atoms with van der Waals surface area (Å²) in [5, 5.41) is 5.47. The van der Waals surface area contributed by atoms with Gasteiger partial charge in [0.05, 0.1) is 11.4 Å². The van der Waals surface area contributed by atoms with E-state index >= 15 is 0 Å². The van der Waals surface area contributed by atoms with Crippen LogP contribution in [0.2, 0.25) is 10.2 Å². The second kappa shape index (κ2) is 7.56. The lowest BCUT2D eigenvalue weighted by molar-refractivity contribution is 0.104. The lowest BCUT2D eigenvalue weighted by Crippen LogP contribution is -1.96. The Balaban J connectivity index is 1.94. The van der Waals surface area contributed by atoms with E-state index in [2.05, 4.69) is 21.0 Å². The Bertz CT molecular complexity index is 979. The number of rotatable bonds is 4. The van der Waals surface area contributed by atoms with Crippen molar-refractivity contribution >= 4 is 51.0 Å². The van der Waals surface area contributed by atoms with Crippen LogP contribution in [-0.4, -0.2) is 15.6 Å². The molecule has 0 atom stereocenters. The smallest absolute Gasteiger partial charge is 0.186 e. The van der Waals surface area contributed by atoms with Crippen LogP contribution in [0.15, 0.2) is 59.1 Å². The molecule has 2 aromatic carbocycles. The van der Waals surface area contributed by atoms with Crippen molar-refractivity contribution in [2.24, 2.45) is 0 Å². The highest BCUT2D eigenvalue weighted by Crippen LogP contribution is 2.26. The van der Waals surface area contributed by atoms with Crippen LogP contribution in [-0.2, 0) is 0 Å². The van der Waals surface area contributed by atoms with Crippen molar-refractivity contribution in [2.45, 2.75) is 6.92 Å². The number of hydrogen-bond donors (Lipinski definition) is 0. The van der Waals surface area contributed by atoms with E-state index < -0.39 is 0 Å². The number of allylic oxidation sites excluding steroid dienone is 1. The average Bonchev–Trinajstić information content (AvgIpc) is 2.87. The molecule has 0 spiro atoms. The van der Waals surface area contributed by atoms with Crippen LogP contribution in [0, 0.1) is 6.92 Å². The van der Waals surface area contributed by atoms with Gasteiger partial charge >= 0.3 is 0 Å². The summed E-state index contributed by atoms with van der Waals surface area (Å²) in [6, 6.07) is 14.5. The molecule has 3 rings (SSSR count). The lowest BCUT2D eigenvalue weighted by Gasteiger charge is -2.03. The Morgan fingerprint density at radius 1 is 1.16 bits per heavy atom. The predicted molar refractivity (Wildman–Crippen MR) is 106 cm³/mol. The topological polar surface area (TPSA) is 34.9 Å². The number of hydrogen-bond acceptors (Lipinski definition) is 2. The van der Waals surface area contributed by atoms with Gasteiger partial charge in [-0.05, 0) is 49.4 Å². The zero-order valence-corrected chi connectivity index (χ0v) is 16.3. The van der Waals surface area contributed by atoms with Gasteiger partial charge in [0, 0.05) is 20.6 Å². The first kappa shape index (κ1) is 17.9. The summed E-state index contributed by atoms with van der Waals surface area (Å²) >= 11 is 15.9. The normalized spacial score (nSPS) is 11.2. The quantitative estimate of drug-likeness (QED) is 0.364. The highest BCUT2D eigenvalue weighted by molar-refractivity contribution is 9.10. The van der Waals surface area contributed by atoms with E-state index in [0.29, 0.717) is 21.3 Å². The fourth-order valence-corrected chi connectivity index (χ4v) is 3.39. The van der Waals surface area contributed by atoms with Crippen LogP contribution in [0.3, 0.4) is 0 Å². The first-order chi connectivity index (χ1) is 12.0. The summed E-state index contributed by atoms with van der Waals surface area (Å²) in [6.07, 6.45) is 3.19. The molecule has 25 heavy (non-hydrogen) atoms. The third kappa shape index (κ3) is 3.87. The molecule has 0 amide bonds. The Kier molecular flexibility index (Phi) is 5.42. The van der Waals surface area contributed by atoms with E-state index in [1.54, 1.807) is 29.0 Å². The number of carbonyl (C=O) groups excluding carboxylic acids is 1. The minimum atomic E-state index is -0.113. The largest absolute Gasteiger partial charge is 0.289 e. The van der Waals surface area contributed by atoms with Gasteiger partial charge in [-0.25, -0.2) is 4.68 Å². The van der Waals surface area contributed by atoms with Crippen LogP contribution in [0.25, 0.3) is 11.8 Å². The number of aromatic nitrogens is 2. The summed E-state index contributed by atoms with van der Waals surface area (Å²) in [7, 11) is 0. The molecule has 3 nitrogen and oxygen atoms in total. The molecular formula is C19H13BrCl2N2O. The highest BCUT2D eigenvalue weighted by Gasteiger charge is 2.14. The maximum Gasteiger partial charge on any atom is 0.186 e. The van der Waals surface area contributed by atoms with Crippen molar-refractivity contribution in [1.82, 2.24) is 9.78 Å². The molecule has 126 valence electrons. The maximum absolute atomic E-state index is 12.4. The Morgan fingerprint density at radius 3 is 2.64 bits per heavy atom. The van der Waals surface area contributed by atoms with Gasteiger partial charge in [0.15, 0.2) is 5.78 Å². The predicted octanol–water partition coefficient (Wildman–Crippen LogP) is 6.15. The van der Waals surface area contributed by atoms with E-state index in [0.717, 1.165) is 15.9 Å². The number of aryl methyl sites for hydroxylation is 1. The molecule has 0 aliphatic heterocycles. The van der Waals surface area contributed by atoms with E-state index in [1.807, 2.05) is 37.3 Å². The minimum absolute atomic E-state index is 0.113. The molecule has 0 aliphatic rings. The third-order valence-corrected chi connectivity index (χ3v) is 4.93. The molecule has 1 aromatic heterocycles. The van der Waals surface area contributed by atoms with Crippen LogP contribution < -0.4 is 0 Å². The Morgan fingerprint density at radius 2 is 1.92 bits per heavy atom. The summed E-state index contributed by atoms with van der Waals surface area (Å²) in [5.41, 5.74) is 2.77. The first-order valence-corrected chi connectivity index (χ1v) is 9.00. The van der Waals surface area contributed by atoms with Crippen LogP contribution in [0.1, 0.15) is 21.6 Å². The fourth-order valence-electron chi connectivity index (χ4n) is 2.39. The molecule has 0 radical (unpaired) electrons. The second-order valence-corrected chi connectivity index (χ2v) is 7.01. The Labute approximate surface area is 164 Å². The lowest BCUT2D eigenvalue weighted by atomic mass is 10.1. The molecule has 3 aromatic rings. The summed E-state index contributed by atoms with van der Waals surface area (Å²) < 4.78 is 2.35. The third-order valence-electron chi connectivity index (χ3n) is 3.64. The minimum Gasteiger partial charge on any atom is -0.289 e. The number of benzene rings is 2. The second-order valence-electron chi connectivity index (χ2n) is 5.36. The first-order valence-electron chi connectivity index (χ1n) is 7.45. The average molecular weight is 436 g/mol. The molecule has 1 heterocycles. The number of ketones is 1. The zero-order valence-electron chi connectivity index (χ0n) is 13.2. The monoisotopic (exact) mass is 434 g/mol. The van der Waals surface area contributed by atoms with Crippen molar-refractivity contribution in [3.05, 3.63) is 86.1 Å². The van der Waals surface area contributed by atoms with Gasteiger partial charge in [-0.15, -0.1) is 0 Å². The van der Waals surface area contributed by atoms with Gasteiger partial charge in [0.1, 0.15) is 5.15 Å². The van der Waals surface area contributed by atoms with Gasteiger partial charge in [0.2, 0.25) is 0 Å². The molecule has 0 bridgehead atoms. The van der Waals surface area contributed by atoms with Gasteiger partial charge < -0.3 is 0 Å². The van der Waals surface area contributed by atoms with E-state index in [1.165, 1.54) is 6.08 Å². The standard InChI is InChI=1S/C19H13BrCl2N2O/c1-12-15(9-10-18(25)16-7-2-3-8-17(16)20)19(22)24(23-12)14-6-4-5-13(21)11-14/h2-11H,1H3. The van der Waals surface area contributed by atoms with E-state index in [9.17, 15) is 4.79 Å². The van der Waals surface area contributed by atoms with Crippen LogP contribution >= 0.6 is 39.1 Å². The van der Waals surface area contributed by atoms with Crippen molar-refractivity contribution < 1.29 is 4.79 Å². The van der Waals surface area contributed by atoms with Crippen molar-refractivity contribution in [3.8, 4) is 5.69 Å². The maximum atomic E-state index is 12.4. The zero-order chi connectivity index (χ0) is 18.0. The van der Waals surface area contributed by atoms with Crippen molar-refractivity contribution in [2.75, 3.05) is 0 Å². The molecule has 0 aliphatic carbocycles. The number of carbonyl (C=O) groups is 1. The molecule has 6 heteroatoms. The van der Waals surface area contributed by atoms with Gasteiger partial charge in [-0.3, -0.25) is 4.79 Å². The highest BCUT2D eigenvalue weighted by atomic mass is 79.9. The number of halogens is 3. The number of nitrogens with zero attached hydrogens (tertiary/aromatic N) is 2. The SMILES string of the molecule is Cc1nn(-c2cccc(Cl)c2)c(Cl)c1C=CC(=O)c1ccccc1Br. The van der Waals surface area contributed by atoms with Crippen LogP contribution in [0.5, 0.6) is 0 Å². The van der Waals surface area contributed by atoms with Crippen molar-refractivity contribution in [1.29, 1.82) is 0 Å². The molecule has 0 saturated heterocycles. The van der Waals surface area contributed by atoms with Crippen molar-refractivity contribution in [3.63, 3.8) is 0 Å². The van der Waals surface area contributed by atoms with E-state index in [-0.39, 0.29) is 5.78 Å². The molecule has 0 fully saturated rings. The van der Waals surface area contributed by atoms with Gasteiger partial charge in [-0.2, -0.15) is 5.10 Å². The molecule has 0 saturated carbocycles. The Hall–Kier alpha value is -1.88. The van der Waals surface area contributed by atoms with Gasteiger partial charge in [0.25, 0.3) is 0 Å². The summed E-state index contributed by atoms with van der Waals surface area (Å²) in [5.74, 6) is -0.113. The molecule has 0 unspecified atom stereocenters. The molecular weight excluding hydrogens is 423 g/mol. The van der Waals surface area contributed by atoms with Gasteiger partial charge in [-0.1, -0.05) is 57.3 Å².